The lowest BCUT2D eigenvalue weighted by Crippen LogP contribution is -2.28. The van der Waals surface area contributed by atoms with Crippen molar-refractivity contribution in [3.8, 4) is 0 Å². The molecule has 1 aliphatic rings. The Hall–Kier alpha value is -3.26. The zero-order valence-corrected chi connectivity index (χ0v) is 19.5. The third kappa shape index (κ3) is 3.98. The Bertz CT molecular complexity index is 1230. The van der Waals surface area contributed by atoms with Crippen molar-refractivity contribution in [2.75, 3.05) is 6.54 Å². The van der Waals surface area contributed by atoms with Gasteiger partial charge in [-0.3, -0.25) is 4.79 Å². The molecule has 3 aromatic carbocycles. The summed E-state index contributed by atoms with van der Waals surface area (Å²) in [7, 11) is 0. The topological polar surface area (TPSA) is 20.1 Å². The van der Waals surface area contributed by atoms with Crippen LogP contribution in [0.1, 0.15) is 51.2 Å². The fourth-order valence-electron chi connectivity index (χ4n) is 4.96. The highest BCUT2D eigenvalue weighted by molar-refractivity contribution is 6.07. The Morgan fingerprint density at radius 1 is 0.969 bits per heavy atom. The van der Waals surface area contributed by atoms with Crippen LogP contribution in [-0.2, 0) is 10.2 Å². The first-order valence-electron chi connectivity index (χ1n) is 11.5. The first kappa shape index (κ1) is 22.0. The Balaban J connectivity index is 1.70. The third-order valence-corrected chi connectivity index (χ3v) is 6.47. The van der Waals surface area contributed by atoms with Gasteiger partial charge in [-0.1, -0.05) is 79.7 Å². The Kier molecular flexibility index (Phi) is 6.23. The van der Waals surface area contributed by atoms with Gasteiger partial charge < -0.3 is 0 Å². The van der Waals surface area contributed by atoms with E-state index in [1.165, 1.54) is 27.7 Å². The van der Waals surface area contributed by atoms with Crippen molar-refractivity contribution in [1.29, 1.82) is 0 Å². The second-order valence-electron chi connectivity index (χ2n) is 9.09. The molecular weight excluding hydrogens is 390 g/mol. The zero-order valence-electron chi connectivity index (χ0n) is 19.5. The van der Waals surface area contributed by atoms with Gasteiger partial charge in [0.1, 0.15) is 12.3 Å². The van der Waals surface area contributed by atoms with E-state index in [1.54, 1.807) is 6.92 Å². The molecule has 0 N–H and O–H groups in total. The van der Waals surface area contributed by atoms with Crippen LogP contribution in [0.25, 0.3) is 10.8 Å². The number of rotatable bonds is 7. The van der Waals surface area contributed by atoms with Crippen LogP contribution in [0.15, 0.2) is 91.0 Å². The molecule has 2 nitrogen and oxygen atoms in total. The molecule has 4 rings (SSSR count). The molecule has 0 spiro atoms. The van der Waals surface area contributed by atoms with Crippen molar-refractivity contribution in [2.24, 2.45) is 0 Å². The summed E-state index contributed by atoms with van der Waals surface area (Å²) >= 11 is 0. The smallest absolute Gasteiger partial charge is 0.210 e. The minimum absolute atomic E-state index is 0.102. The maximum Gasteiger partial charge on any atom is 0.210 e. The first-order chi connectivity index (χ1) is 15.4. The second-order valence-corrected chi connectivity index (χ2v) is 9.09. The fourth-order valence-corrected chi connectivity index (χ4v) is 4.96. The highest BCUT2D eigenvalue weighted by Crippen LogP contribution is 2.44. The number of carbonyl (C=O) groups is 1. The quantitative estimate of drug-likeness (QED) is 0.293. The number of fused-ring (bicyclic) bond motifs is 3. The van der Waals surface area contributed by atoms with E-state index in [1.807, 2.05) is 42.5 Å². The molecule has 3 aromatic rings. The van der Waals surface area contributed by atoms with E-state index in [9.17, 15) is 4.79 Å². The van der Waals surface area contributed by atoms with Crippen LogP contribution in [0.5, 0.6) is 0 Å². The van der Waals surface area contributed by atoms with Gasteiger partial charge in [0.2, 0.25) is 5.69 Å². The standard InChI is InChI=1S/C30H32NO/c1-5-21-31-27-20-19-24-15-9-10-17-26(24)29(27)30(3,4)28(31)18-12-11-16-25(22(2)32)23-13-7-6-8-14-23/h6-20,25H,5,21H2,1-4H3/q+1/b16-11+,18-12+. The lowest BCUT2D eigenvalue weighted by atomic mass is 9.79. The SMILES string of the molecule is CCC[N+]1=C(/C=C/C=C/C(C(C)=O)c2ccccc2)C(C)(C)c2c1ccc1ccccc21. The monoisotopic (exact) mass is 422 g/mol. The molecule has 0 aromatic heterocycles. The number of ketones is 1. The summed E-state index contributed by atoms with van der Waals surface area (Å²) in [6.07, 6.45) is 9.42. The van der Waals surface area contributed by atoms with Crippen molar-refractivity contribution in [2.45, 2.75) is 45.4 Å². The van der Waals surface area contributed by atoms with E-state index in [4.69, 9.17) is 0 Å². The number of hydrogen-bond acceptors (Lipinski definition) is 1. The molecule has 0 fully saturated rings. The van der Waals surface area contributed by atoms with Gasteiger partial charge in [0, 0.05) is 24.1 Å². The zero-order chi connectivity index (χ0) is 22.7. The highest BCUT2D eigenvalue weighted by atomic mass is 16.1. The molecule has 32 heavy (non-hydrogen) atoms. The summed E-state index contributed by atoms with van der Waals surface area (Å²) in [6, 6.07) is 23.1. The molecule has 0 aliphatic carbocycles. The Morgan fingerprint density at radius 2 is 1.69 bits per heavy atom. The van der Waals surface area contributed by atoms with Gasteiger partial charge in [0.15, 0.2) is 5.71 Å². The van der Waals surface area contributed by atoms with Gasteiger partial charge >= 0.3 is 0 Å². The van der Waals surface area contributed by atoms with Crippen LogP contribution in [0, 0.1) is 0 Å². The van der Waals surface area contributed by atoms with Crippen LogP contribution < -0.4 is 0 Å². The van der Waals surface area contributed by atoms with Crippen LogP contribution in [0.4, 0.5) is 5.69 Å². The number of allylic oxidation sites excluding steroid dienone is 4. The molecule has 1 heterocycles. The number of carbonyl (C=O) groups excluding carboxylic acids is 1. The number of nitrogens with zero attached hydrogens (tertiary/aromatic N) is 1. The van der Waals surface area contributed by atoms with Gasteiger partial charge in [-0.05, 0) is 43.2 Å². The predicted octanol–water partition coefficient (Wildman–Crippen LogP) is 7.11. The van der Waals surface area contributed by atoms with Gasteiger partial charge in [0.25, 0.3) is 0 Å². The average molecular weight is 423 g/mol. The van der Waals surface area contributed by atoms with Crippen LogP contribution in [0.2, 0.25) is 0 Å². The minimum atomic E-state index is -0.213. The predicted molar refractivity (Wildman–Crippen MR) is 135 cm³/mol. The van der Waals surface area contributed by atoms with Crippen LogP contribution >= 0.6 is 0 Å². The van der Waals surface area contributed by atoms with Crippen LogP contribution in [-0.4, -0.2) is 22.6 Å². The summed E-state index contributed by atoms with van der Waals surface area (Å²) in [5, 5.41) is 2.61. The molecule has 0 bridgehead atoms. The molecule has 162 valence electrons. The maximum atomic E-state index is 12.2. The molecule has 1 unspecified atom stereocenters. The summed E-state index contributed by atoms with van der Waals surface area (Å²) in [6.45, 7) is 9.51. The van der Waals surface area contributed by atoms with Gasteiger partial charge in [0.05, 0.1) is 11.3 Å². The fraction of sp³-hybridized carbons (Fsp3) is 0.267. The molecule has 1 aliphatic heterocycles. The van der Waals surface area contributed by atoms with Crippen molar-refractivity contribution < 1.29 is 9.37 Å². The van der Waals surface area contributed by atoms with E-state index in [2.05, 4.69) is 73.9 Å². The summed E-state index contributed by atoms with van der Waals surface area (Å²) in [5.41, 5.74) is 4.94. The lowest BCUT2D eigenvalue weighted by molar-refractivity contribution is -0.437. The average Bonchev–Trinajstić information content (AvgIpc) is 3.01. The molecule has 0 saturated carbocycles. The molecular formula is C30H32NO+. The largest absolute Gasteiger partial charge is 0.299 e. The van der Waals surface area contributed by atoms with E-state index in [0.717, 1.165) is 18.5 Å². The summed E-state index contributed by atoms with van der Waals surface area (Å²) in [5.74, 6) is -0.0588. The Morgan fingerprint density at radius 3 is 2.41 bits per heavy atom. The second kappa shape index (κ2) is 9.08. The van der Waals surface area contributed by atoms with E-state index in [-0.39, 0.29) is 17.1 Å². The molecule has 0 saturated heterocycles. The minimum Gasteiger partial charge on any atom is -0.299 e. The summed E-state index contributed by atoms with van der Waals surface area (Å²) < 4.78 is 2.46. The number of Topliss-reactive ketones (excluding diaryl/α,β-unsaturated/α-hetero) is 1. The van der Waals surface area contributed by atoms with Crippen molar-refractivity contribution in [3.63, 3.8) is 0 Å². The Labute approximate surface area is 191 Å². The molecule has 0 amide bonds. The van der Waals surface area contributed by atoms with Crippen molar-refractivity contribution in [1.82, 2.24) is 0 Å². The molecule has 0 radical (unpaired) electrons. The normalized spacial score (nSPS) is 16.2. The summed E-state index contributed by atoms with van der Waals surface area (Å²) in [4.78, 5) is 12.2. The first-order valence-corrected chi connectivity index (χ1v) is 11.5. The van der Waals surface area contributed by atoms with E-state index < -0.39 is 0 Å². The van der Waals surface area contributed by atoms with Crippen molar-refractivity contribution >= 4 is 28.0 Å². The lowest BCUT2D eigenvalue weighted by Gasteiger charge is -2.17. The van der Waals surface area contributed by atoms with Crippen molar-refractivity contribution in [3.05, 3.63) is 102 Å². The van der Waals surface area contributed by atoms with E-state index in [0.29, 0.717) is 0 Å². The maximum absolute atomic E-state index is 12.2. The molecule has 2 heteroatoms. The van der Waals surface area contributed by atoms with Crippen LogP contribution in [0.3, 0.4) is 0 Å². The third-order valence-electron chi connectivity index (χ3n) is 6.47. The van der Waals surface area contributed by atoms with Gasteiger partial charge in [-0.25, -0.2) is 0 Å². The molecule has 1 atom stereocenters. The van der Waals surface area contributed by atoms with E-state index >= 15 is 0 Å². The van der Waals surface area contributed by atoms with Gasteiger partial charge in [-0.2, -0.15) is 4.58 Å². The highest BCUT2D eigenvalue weighted by Gasteiger charge is 2.45. The number of benzene rings is 3. The number of hydrogen-bond donors (Lipinski definition) is 0. The van der Waals surface area contributed by atoms with Gasteiger partial charge in [-0.15, -0.1) is 0 Å².